The molecule has 0 N–H and O–H groups in total. The van der Waals surface area contributed by atoms with Crippen molar-refractivity contribution in [3.8, 4) is 0 Å². The van der Waals surface area contributed by atoms with Crippen molar-refractivity contribution in [2.24, 2.45) is 0 Å². The topological polar surface area (TPSA) is 0 Å². The first-order valence-corrected chi connectivity index (χ1v) is 0. The van der Waals surface area contributed by atoms with Crippen LogP contribution >= 0.6 is 0 Å². The van der Waals surface area contributed by atoms with Crippen LogP contribution in [0.1, 0.15) is 5.71 Å². The van der Waals surface area contributed by atoms with Crippen LogP contribution in [0.3, 0.4) is 0 Å². The Bertz CT molecular complexity index is 16.0. The maximum absolute atomic E-state index is 0. The minimum Gasteiger partial charge on any atom is -1.00 e. The molecular weight excluding hydrogens is 217 g/mol. The summed E-state index contributed by atoms with van der Waals surface area (Å²) in [4.78, 5) is 0. The van der Waals surface area contributed by atoms with Crippen molar-refractivity contribution in [1.29, 1.82) is 0 Å². The first-order valence-electron chi connectivity index (χ1n) is 0. The molecule has 4 heteroatoms. The van der Waals surface area contributed by atoms with Gasteiger partial charge in [0.05, 0.1) is 0 Å². The summed E-state index contributed by atoms with van der Waals surface area (Å²) in [5.74, 6) is 0. The molecule has 0 spiro atoms. The molecule has 0 heterocycles. The van der Waals surface area contributed by atoms with Gasteiger partial charge in [-0.3, -0.25) is 0 Å². The molecule has 0 saturated heterocycles. The van der Waals surface area contributed by atoms with E-state index in [-0.39, 0.29) is 106 Å². The quantitative estimate of drug-likeness (QED) is 0.389. The third-order valence-corrected chi connectivity index (χ3v) is 0. The van der Waals surface area contributed by atoms with Crippen LogP contribution in [0.15, 0.2) is 0 Å². The zero-order chi connectivity index (χ0) is 0. The summed E-state index contributed by atoms with van der Waals surface area (Å²) < 4.78 is 0. The van der Waals surface area contributed by atoms with Gasteiger partial charge in [0, 0.05) is 0 Å². The Balaban J connectivity index is 0. The molecule has 0 bridgehead atoms. The fourth-order valence-corrected chi connectivity index (χ4v) is 0. The van der Waals surface area contributed by atoms with Gasteiger partial charge in [-0.05, 0) is 11.0 Å². The molecule has 0 atom stereocenters. The van der Waals surface area contributed by atoms with Crippen LogP contribution in [0.25, 0.3) is 0 Å². The van der Waals surface area contributed by atoms with Gasteiger partial charge in [-0.25, -0.2) is 0 Å². The molecule has 0 rings (SSSR count). The SMILES string of the molecule is [AlH3].[Ba+2].[H-].[H-].[H-].[H-].[Mg+2].[SiH4]. The summed E-state index contributed by atoms with van der Waals surface area (Å²) in [6, 6.07) is 0. The van der Waals surface area contributed by atoms with E-state index in [4.69, 9.17) is 0 Å². The molecule has 0 aliphatic rings. The van der Waals surface area contributed by atoms with Crippen molar-refractivity contribution in [3.63, 3.8) is 0 Å². The van der Waals surface area contributed by atoms with Crippen LogP contribution in [-0.4, -0.2) is 100 Å². The van der Waals surface area contributed by atoms with Crippen LogP contribution < -0.4 is 0 Å². The van der Waals surface area contributed by atoms with Gasteiger partial charge in [0.15, 0.2) is 17.4 Å². The van der Waals surface area contributed by atoms with E-state index in [2.05, 4.69) is 0 Å². The van der Waals surface area contributed by atoms with Gasteiger partial charge < -0.3 is 5.71 Å². The van der Waals surface area contributed by atoms with Gasteiger partial charge in [0.1, 0.15) is 0 Å². The molecule has 0 aromatic heterocycles. The summed E-state index contributed by atoms with van der Waals surface area (Å²) >= 11 is 0. The fourth-order valence-electron chi connectivity index (χ4n) is 0. The second kappa shape index (κ2) is 16.5. The largest absolute Gasteiger partial charge is 2.00 e. The van der Waals surface area contributed by atoms with Crippen LogP contribution in [0, 0.1) is 0 Å². The minimum atomic E-state index is 0. The molecule has 0 saturated carbocycles. The van der Waals surface area contributed by atoms with E-state index in [0.717, 1.165) is 0 Å². The third kappa shape index (κ3) is 8.92. The van der Waals surface area contributed by atoms with Crippen molar-refractivity contribution in [3.05, 3.63) is 0 Å². The Morgan fingerprint density at radius 1 is 1.25 bits per heavy atom. The van der Waals surface area contributed by atoms with Gasteiger partial charge in [0.25, 0.3) is 0 Å². The molecule has 0 amide bonds. The molecule has 0 fully saturated rings. The smallest absolute Gasteiger partial charge is 1.00 e. The van der Waals surface area contributed by atoms with Crippen LogP contribution in [-0.2, 0) is 0 Å². The molecule has 0 nitrogen and oxygen atoms in total. The number of rotatable bonds is 0. The van der Waals surface area contributed by atoms with Gasteiger partial charge in [0.2, 0.25) is 0 Å². The van der Waals surface area contributed by atoms with Crippen molar-refractivity contribution < 1.29 is 5.71 Å². The summed E-state index contributed by atoms with van der Waals surface area (Å²) in [5, 5.41) is 0. The maximum Gasteiger partial charge on any atom is 2.00 e. The van der Waals surface area contributed by atoms with Crippen LogP contribution in [0.2, 0.25) is 0 Å². The molecule has 0 unspecified atom stereocenters. The molecule has 4 heavy (non-hydrogen) atoms. The Morgan fingerprint density at radius 2 is 1.25 bits per heavy atom. The Morgan fingerprint density at radius 3 is 1.25 bits per heavy atom. The van der Waals surface area contributed by atoms with E-state index in [9.17, 15) is 0 Å². The van der Waals surface area contributed by atoms with E-state index in [1.807, 2.05) is 0 Å². The monoisotopic (exact) mass is 228 g/mol. The van der Waals surface area contributed by atoms with Gasteiger partial charge >= 0.3 is 71.9 Å². The predicted octanol–water partition coefficient (Wildman–Crippen LogP) is -2.95. The Hall–Kier alpha value is 3.09. The average Bonchev–Trinajstić information content (AvgIpc) is 0. The van der Waals surface area contributed by atoms with E-state index < -0.39 is 0 Å². The van der Waals surface area contributed by atoms with Crippen molar-refractivity contribution in [1.82, 2.24) is 0 Å². The third-order valence-electron chi connectivity index (χ3n) is 0. The maximum atomic E-state index is 0. The summed E-state index contributed by atoms with van der Waals surface area (Å²) in [7, 11) is 0. The van der Waals surface area contributed by atoms with E-state index in [1.54, 1.807) is 0 Å². The fraction of sp³-hybridized carbons (Fsp3) is 0. The van der Waals surface area contributed by atoms with E-state index >= 15 is 0 Å². The number of hydrogen-bond donors (Lipinski definition) is 0. The van der Waals surface area contributed by atoms with Crippen molar-refractivity contribution in [2.45, 2.75) is 0 Å². The molecule has 22 valence electrons. The van der Waals surface area contributed by atoms with E-state index in [0.29, 0.717) is 0 Å². The first kappa shape index (κ1) is 27.6. The summed E-state index contributed by atoms with van der Waals surface area (Å²) in [6.07, 6.45) is 0. The van der Waals surface area contributed by atoms with Crippen LogP contribution in [0.5, 0.6) is 0 Å². The molecule has 0 aliphatic carbocycles. The normalized spacial score (nSPS) is 0. The Kier molecular flexibility index (Phi) is 114. The van der Waals surface area contributed by atoms with Gasteiger partial charge in [-0.2, -0.15) is 0 Å². The molecule has 0 radical (unpaired) electrons. The minimum absolute atomic E-state index is 0. The molecule has 0 aromatic carbocycles. The van der Waals surface area contributed by atoms with Crippen LogP contribution in [0.4, 0.5) is 0 Å². The van der Waals surface area contributed by atoms with Crippen molar-refractivity contribution in [2.75, 3.05) is 0 Å². The molecule has 0 aliphatic heterocycles. The average molecular weight is 228 g/mol. The summed E-state index contributed by atoms with van der Waals surface area (Å²) in [5.41, 5.74) is 0. The zero-order valence-corrected chi connectivity index (χ0v) is 7.27. The van der Waals surface area contributed by atoms with Gasteiger partial charge in [-0.1, -0.05) is 0 Å². The van der Waals surface area contributed by atoms with Crippen molar-refractivity contribution >= 4 is 100 Å². The molecule has 0 aromatic rings. The molecular formula is H11AlBaMgSi. The Labute approximate surface area is 104 Å². The second-order valence-corrected chi connectivity index (χ2v) is 0. The standard InChI is InChI=1S/Al.Ba.Mg.H4Si.7H/h;;;1H4;;;;;;;/q;2*+2;;;;;4*-1. The first-order chi connectivity index (χ1) is 0. The predicted molar refractivity (Wildman–Crippen MR) is 37.2 cm³/mol. The van der Waals surface area contributed by atoms with E-state index in [1.165, 1.54) is 0 Å². The second-order valence-electron chi connectivity index (χ2n) is 0. The van der Waals surface area contributed by atoms with Gasteiger partial charge in [-0.15, -0.1) is 0 Å². The number of hydrogen-bond acceptors (Lipinski definition) is 0. The summed E-state index contributed by atoms with van der Waals surface area (Å²) in [6.45, 7) is 0. The zero-order valence-electron chi connectivity index (χ0n) is 5.41.